The van der Waals surface area contributed by atoms with Crippen molar-refractivity contribution in [2.75, 3.05) is 19.7 Å². The third kappa shape index (κ3) is 2.95. The number of amides is 1. The molecule has 0 saturated carbocycles. The number of carboxylic acid groups (broad SMARTS) is 1. The van der Waals surface area contributed by atoms with E-state index in [-0.39, 0.29) is 13.2 Å². The van der Waals surface area contributed by atoms with Crippen molar-refractivity contribution in [3.63, 3.8) is 0 Å². The molecule has 1 aliphatic heterocycles. The average Bonchev–Trinajstić information content (AvgIpc) is 2.73. The van der Waals surface area contributed by atoms with Crippen LogP contribution in [0.25, 0.3) is 0 Å². The summed E-state index contributed by atoms with van der Waals surface area (Å²) in [6, 6.07) is 0. The highest BCUT2D eigenvalue weighted by Crippen LogP contribution is 2.22. The van der Waals surface area contributed by atoms with Gasteiger partial charge in [0.15, 0.2) is 0 Å². The average molecular weight is 231 g/mol. The van der Waals surface area contributed by atoms with E-state index in [1.165, 1.54) is 11.0 Å². The van der Waals surface area contributed by atoms with Crippen molar-refractivity contribution in [2.45, 2.75) is 12.6 Å². The van der Waals surface area contributed by atoms with Gasteiger partial charge in [0.2, 0.25) is 6.17 Å². The summed E-state index contributed by atoms with van der Waals surface area (Å²) >= 11 is 0. The number of aliphatic carboxylic acids is 1. The summed E-state index contributed by atoms with van der Waals surface area (Å²) in [7, 11) is 0. The number of carbonyl (C=O) groups excluding carboxylic acids is 1. The summed E-state index contributed by atoms with van der Waals surface area (Å²) in [4.78, 5) is 23.0. The zero-order valence-corrected chi connectivity index (χ0v) is 8.76. The maximum absolute atomic E-state index is 13.1. The fourth-order valence-corrected chi connectivity index (χ4v) is 1.62. The van der Waals surface area contributed by atoms with Crippen LogP contribution < -0.4 is 0 Å². The minimum atomic E-state index is -1.92. The second kappa shape index (κ2) is 5.48. The Hall–Kier alpha value is -1.59. The van der Waals surface area contributed by atoms with Gasteiger partial charge in [-0.15, -0.1) is 0 Å². The lowest BCUT2D eigenvalue weighted by molar-refractivity contribution is -0.144. The standard InChI is InChI=1S/C10H14FNO4/c1-2-5-16-10(15)12-4-3-7(6-12)8(11)9(13)14/h2,7-8H,1,3-6H2,(H,13,14). The molecule has 2 atom stereocenters. The highest BCUT2D eigenvalue weighted by molar-refractivity contribution is 5.73. The molecule has 5 nitrogen and oxygen atoms in total. The van der Waals surface area contributed by atoms with Crippen molar-refractivity contribution in [1.29, 1.82) is 0 Å². The molecular weight excluding hydrogens is 217 g/mol. The van der Waals surface area contributed by atoms with Crippen molar-refractivity contribution < 1.29 is 23.8 Å². The minimum absolute atomic E-state index is 0.0867. The fraction of sp³-hybridized carbons (Fsp3) is 0.600. The van der Waals surface area contributed by atoms with Crippen LogP contribution in [0.1, 0.15) is 6.42 Å². The molecule has 0 radical (unpaired) electrons. The third-order valence-corrected chi connectivity index (χ3v) is 2.46. The number of hydrogen-bond acceptors (Lipinski definition) is 3. The van der Waals surface area contributed by atoms with E-state index in [0.717, 1.165) is 0 Å². The number of halogens is 1. The largest absolute Gasteiger partial charge is 0.479 e. The van der Waals surface area contributed by atoms with Gasteiger partial charge in [-0.2, -0.15) is 0 Å². The summed E-state index contributed by atoms with van der Waals surface area (Å²) in [5, 5.41) is 8.49. The van der Waals surface area contributed by atoms with Gasteiger partial charge in [0.1, 0.15) is 6.61 Å². The van der Waals surface area contributed by atoms with E-state index < -0.39 is 24.2 Å². The number of carbonyl (C=O) groups is 2. The first-order valence-electron chi connectivity index (χ1n) is 4.95. The second-order valence-corrected chi connectivity index (χ2v) is 3.60. The highest BCUT2D eigenvalue weighted by atomic mass is 19.1. The number of carboxylic acids is 1. The topological polar surface area (TPSA) is 66.8 Å². The normalized spacial score (nSPS) is 21.6. The molecule has 1 fully saturated rings. The zero-order valence-electron chi connectivity index (χ0n) is 8.76. The molecule has 0 aromatic carbocycles. The Labute approximate surface area is 92.5 Å². The van der Waals surface area contributed by atoms with Gasteiger partial charge in [-0.05, 0) is 6.42 Å². The zero-order chi connectivity index (χ0) is 12.1. The molecule has 0 spiro atoms. The van der Waals surface area contributed by atoms with Crippen molar-refractivity contribution in [3.8, 4) is 0 Å². The van der Waals surface area contributed by atoms with Gasteiger partial charge >= 0.3 is 12.1 Å². The summed E-state index contributed by atoms with van der Waals surface area (Å²) in [6.45, 7) is 3.90. The van der Waals surface area contributed by atoms with Gasteiger partial charge in [0.05, 0.1) is 0 Å². The van der Waals surface area contributed by atoms with Gasteiger partial charge in [0, 0.05) is 19.0 Å². The molecule has 0 aromatic rings. The third-order valence-electron chi connectivity index (χ3n) is 2.46. The molecule has 2 unspecified atom stereocenters. The van der Waals surface area contributed by atoms with Crippen molar-refractivity contribution in [3.05, 3.63) is 12.7 Å². The lowest BCUT2D eigenvalue weighted by Gasteiger charge is -2.16. The smallest absolute Gasteiger partial charge is 0.410 e. The van der Waals surface area contributed by atoms with E-state index in [1.54, 1.807) is 0 Å². The van der Waals surface area contributed by atoms with E-state index in [9.17, 15) is 14.0 Å². The van der Waals surface area contributed by atoms with E-state index in [2.05, 4.69) is 6.58 Å². The van der Waals surface area contributed by atoms with E-state index in [0.29, 0.717) is 13.0 Å². The fourth-order valence-electron chi connectivity index (χ4n) is 1.62. The predicted molar refractivity (Wildman–Crippen MR) is 53.8 cm³/mol. The van der Waals surface area contributed by atoms with Gasteiger partial charge in [0.25, 0.3) is 0 Å². The first kappa shape index (κ1) is 12.5. The number of nitrogens with zero attached hydrogens (tertiary/aromatic N) is 1. The SMILES string of the molecule is C=CCOC(=O)N1CCC(C(F)C(=O)O)C1. The molecule has 0 bridgehead atoms. The summed E-state index contributed by atoms with van der Waals surface area (Å²) < 4.78 is 17.9. The van der Waals surface area contributed by atoms with Crippen molar-refractivity contribution in [1.82, 2.24) is 4.90 Å². The van der Waals surface area contributed by atoms with Crippen LogP contribution >= 0.6 is 0 Å². The number of alkyl halides is 1. The van der Waals surface area contributed by atoms with Crippen LogP contribution in [0.4, 0.5) is 9.18 Å². The maximum Gasteiger partial charge on any atom is 0.410 e. The Bertz CT molecular complexity index is 295. The van der Waals surface area contributed by atoms with Gasteiger partial charge < -0.3 is 14.7 Å². The Morgan fingerprint density at radius 3 is 2.94 bits per heavy atom. The minimum Gasteiger partial charge on any atom is -0.479 e. The molecule has 0 aromatic heterocycles. The molecular formula is C10H14FNO4. The number of likely N-dealkylation sites (tertiary alicyclic amines) is 1. The number of ether oxygens (including phenoxy) is 1. The van der Waals surface area contributed by atoms with Gasteiger partial charge in [-0.1, -0.05) is 12.7 Å². The molecule has 1 rings (SSSR count). The van der Waals surface area contributed by atoms with Gasteiger partial charge in [-0.25, -0.2) is 14.0 Å². The molecule has 6 heteroatoms. The summed E-state index contributed by atoms with van der Waals surface area (Å²) in [5.41, 5.74) is 0. The first-order chi connectivity index (χ1) is 7.56. The summed E-state index contributed by atoms with van der Waals surface area (Å²) in [5.74, 6) is -2.12. The first-order valence-corrected chi connectivity index (χ1v) is 4.95. The summed E-state index contributed by atoms with van der Waals surface area (Å²) in [6.07, 6.45) is -0.700. The van der Waals surface area contributed by atoms with Crippen LogP contribution in [0.5, 0.6) is 0 Å². The number of rotatable bonds is 4. The van der Waals surface area contributed by atoms with Crippen molar-refractivity contribution >= 4 is 12.1 Å². The Balaban J connectivity index is 2.42. The molecule has 1 N–H and O–H groups in total. The van der Waals surface area contributed by atoms with Crippen LogP contribution in [0, 0.1) is 5.92 Å². The monoisotopic (exact) mass is 231 g/mol. The Morgan fingerprint density at radius 2 is 2.38 bits per heavy atom. The predicted octanol–water partition coefficient (Wildman–Crippen LogP) is 1.05. The molecule has 1 amide bonds. The van der Waals surface area contributed by atoms with Crippen LogP contribution in [0.2, 0.25) is 0 Å². The molecule has 90 valence electrons. The van der Waals surface area contributed by atoms with Crippen LogP contribution in [0.15, 0.2) is 12.7 Å². The highest BCUT2D eigenvalue weighted by Gasteiger charge is 2.36. The molecule has 1 saturated heterocycles. The van der Waals surface area contributed by atoms with Crippen LogP contribution in [-0.2, 0) is 9.53 Å². The Kier molecular flexibility index (Phi) is 4.28. The quantitative estimate of drug-likeness (QED) is 0.734. The molecule has 1 heterocycles. The van der Waals surface area contributed by atoms with E-state index in [1.807, 2.05) is 0 Å². The molecule has 16 heavy (non-hydrogen) atoms. The van der Waals surface area contributed by atoms with E-state index in [4.69, 9.17) is 9.84 Å². The van der Waals surface area contributed by atoms with Crippen LogP contribution in [0.3, 0.4) is 0 Å². The van der Waals surface area contributed by atoms with Crippen molar-refractivity contribution in [2.24, 2.45) is 5.92 Å². The molecule has 0 aliphatic carbocycles. The number of hydrogen-bond donors (Lipinski definition) is 1. The van der Waals surface area contributed by atoms with E-state index >= 15 is 0 Å². The molecule has 1 aliphatic rings. The maximum atomic E-state index is 13.1. The lowest BCUT2D eigenvalue weighted by Crippen LogP contribution is -2.32. The van der Waals surface area contributed by atoms with Crippen LogP contribution in [-0.4, -0.2) is 47.9 Å². The lowest BCUT2D eigenvalue weighted by atomic mass is 10.0. The Morgan fingerprint density at radius 1 is 1.69 bits per heavy atom. The second-order valence-electron chi connectivity index (χ2n) is 3.60. The van der Waals surface area contributed by atoms with Gasteiger partial charge in [-0.3, -0.25) is 0 Å².